The van der Waals surface area contributed by atoms with E-state index in [2.05, 4.69) is 37.7 Å². The van der Waals surface area contributed by atoms with Crippen LogP contribution in [0.25, 0.3) is 10.9 Å². The van der Waals surface area contributed by atoms with E-state index >= 15 is 0 Å². The van der Waals surface area contributed by atoms with Crippen LogP contribution in [-0.2, 0) is 6.54 Å². The fraction of sp³-hybridized carbons (Fsp3) is 0.263. The highest BCUT2D eigenvalue weighted by molar-refractivity contribution is 9.10. The summed E-state index contributed by atoms with van der Waals surface area (Å²) in [5, 5.41) is 0.618. The summed E-state index contributed by atoms with van der Waals surface area (Å²) >= 11 is 3.41. The summed E-state index contributed by atoms with van der Waals surface area (Å²) in [4.78, 5) is 21.8. The van der Waals surface area contributed by atoms with Crippen LogP contribution in [0.1, 0.15) is 12.7 Å². The van der Waals surface area contributed by atoms with Gasteiger partial charge in [-0.25, -0.2) is 4.98 Å². The van der Waals surface area contributed by atoms with E-state index in [1.165, 1.54) is 0 Å². The van der Waals surface area contributed by atoms with Gasteiger partial charge in [0.1, 0.15) is 18.2 Å². The Morgan fingerprint density at radius 1 is 1.16 bits per heavy atom. The Hall–Kier alpha value is -2.18. The average Bonchev–Trinajstić information content (AvgIpc) is 2.62. The molecule has 0 aliphatic rings. The molecule has 25 heavy (non-hydrogen) atoms. The molecule has 1 N–H and O–H groups in total. The number of H-pyrrole nitrogens is 1. The fourth-order valence-electron chi connectivity index (χ4n) is 2.59. The standard InChI is InChI=1S/C19H20BrN3O2/c1-2-23(11-12-25-15-9-7-14(20)8-10-15)13-18-21-17-6-4-3-5-16(17)19(24)22-18/h3-10H,2,11-13H2,1H3,(H,21,22,24). The molecule has 0 radical (unpaired) electrons. The number of likely N-dealkylation sites (N-methyl/N-ethyl adjacent to an activating group) is 1. The van der Waals surface area contributed by atoms with Crippen molar-refractivity contribution in [3.05, 3.63) is 69.2 Å². The van der Waals surface area contributed by atoms with Crippen molar-refractivity contribution >= 4 is 26.8 Å². The predicted octanol–water partition coefficient (Wildman–Crippen LogP) is 3.59. The Kier molecular flexibility index (Phi) is 5.83. The van der Waals surface area contributed by atoms with Gasteiger partial charge in [0, 0.05) is 11.0 Å². The molecule has 0 fully saturated rings. The van der Waals surface area contributed by atoms with Gasteiger partial charge >= 0.3 is 0 Å². The van der Waals surface area contributed by atoms with Gasteiger partial charge in [0.2, 0.25) is 0 Å². The molecular weight excluding hydrogens is 382 g/mol. The van der Waals surface area contributed by atoms with Crippen molar-refractivity contribution in [1.29, 1.82) is 0 Å². The van der Waals surface area contributed by atoms with E-state index < -0.39 is 0 Å². The van der Waals surface area contributed by atoms with Crippen LogP contribution in [0.4, 0.5) is 0 Å². The topological polar surface area (TPSA) is 58.2 Å². The van der Waals surface area contributed by atoms with Gasteiger partial charge in [-0.15, -0.1) is 0 Å². The van der Waals surface area contributed by atoms with Crippen LogP contribution in [0.5, 0.6) is 5.75 Å². The van der Waals surface area contributed by atoms with Gasteiger partial charge in [0.25, 0.3) is 5.56 Å². The van der Waals surface area contributed by atoms with E-state index in [4.69, 9.17) is 4.74 Å². The molecule has 1 aromatic heterocycles. The van der Waals surface area contributed by atoms with Crippen LogP contribution in [0.15, 0.2) is 57.8 Å². The number of aromatic amines is 1. The number of nitrogens with one attached hydrogen (secondary N) is 1. The Bertz CT molecular complexity index is 893. The van der Waals surface area contributed by atoms with E-state index in [9.17, 15) is 4.79 Å². The molecule has 0 saturated heterocycles. The number of fused-ring (bicyclic) bond motifs is 1. The zero-order chi connectivity index (χ0) is 17.6. The molecule has 1 heterocycles. The monoisotopic (exact) mass is 401 g/mol. The van der Waals surface area contributed by atoms with E-state index in [-0.39, 0.29) is 5.56 Å². The van der Waals surface area contributed by atoms with Crippen molar-refractivity contribution in [2.45, 2.75) is 13.5 Å². The van der Waals surface area contributed by atoms with Gasteiger partial charge in [-0.05, 0) is 42.9 Å². The molecule has 3 aromatic rings. The smallest absolute Gasteiger partial charge is 0.258 e. The Labute approximate surface area is 154 Å². The minimum absolute atomic E-state index is 0.0947. The first-order chi connectivity index (χ1) is 12.2. The predicted molar refractivity (Wildman–Crippen MR) is 103 cm³/mol. The highest BCUT2D eigenvalue weighted by Gasteiger charge is 2.08. The molecule has 0 atom stereocenters. The molecule has 0 amide bonds. The lowest BCUT2D eigenvalue weighted by molar-refractivity contribution is 0.206. The molecule has 3 rings (SSSR count). The third kappa shape index (κ3) is 4.67. The molecular formula is C19H20BrN3O2. The van der Waals surface area contributed by atoms with E-state index in [1.807, 2.05) is 42.5 Å². The van der Waals surface area contributed by atoms with Crippen LogP contribution in [0.2, 0.25) is 0 Å². The first kappa shape index (κ1) is 17.6. The molecule has 5 nitrogen and oxygen atoms in total. The molecule has 0 bridgehead atoms. The Morgan fingerprint density at radius 3 is 2.68 bits per heavy atom. The van der Waals surface area contributed by atoms with Gasteiger partial charge in [0.15, 0.2) is 0 Å². The van der Waals surface area contributed by atoms with Crippen LogP contribution in [0.3, 0.4) is 0 Å². The first-order valence-corrected chi connectivity index (χ1v) is 9.03. The van der Waals surface area contributed by atoms with Gasteiger partial charge in [-0.2, -0.15) is 0 Å². The van der Waals surface area contributed by atoms with E-state index in [0.29, 0.717) is 24.4 Å². The molecule has 6 heteroatoms. The highest BCUT2D eigenvalue weighted by atomic mass is 79.9. The van der Waals surface area contributed by atoms with Crippen LogP contribution in [-0.4, -0.2) is 34.6 Å². The number of benzene rings is 2. The minimum Gasteiger partial charge on any atom is -0.492 e. The number of rotatable bonds is 7. The summed E-state index contributed by atoms with van der Waals surface area (Å²) in [7, 11) is 0. The maximum atomic E-state index is 12.2. The number of ether oxygens (including phenoxy) is 1. The number of aromatic nitrogens is 2. The maximum absolute atomic E-state index is 12.2. The summed E-state index contributed by atoms with van der Waals surface area (Å²) in [6, 6.07) is 15.2. The Morgan fingerprint density at radius 2 is 1.92 bits per heavy atom. The van der Waals surface area contributed by atoms with Gasteiger partial charge in [-0.1, -0.05) is 35.0 Å². The van der Waals surface area contributed by atoms with Gasteiger partial charge in [-0.3, -0.25) is 9.69 Å². The van der Waals surface area contributed by atoms with Crippen LogP contribution < -0.4 is 10.3 Å². The summed E-state index contributed by atoms with van der Waals surface area (Å²) in [6.45, 7) is 4.84. The molecule has 0 saturated carbocycles. The fourth-order valence-corrected chi connectivity index (χ4v) is 2.86. The summed E-state index contributed by atoms with van der Waals surface area (Å²) in [5.74, 6) is 1.52. The quantitative estimate of drug-likeness (QED) is 0.656. The molecule has 0 unspecified atom stereocenters. The van der Waals surface area contributed by atoms with Gasteiger partial charge in [0.05, 0.1) is 17.4 Å². The number of hydrogen-bond donors (Lipinski definition) is 1. The van der Waals surface area contributed by atoms with E-state index in [1.54, 1.807) is 6.07 Å². The lowest BCUT2D eigenvalue weighted by Gasteiger charge is -2.20. The largest absolute Gasteiger partial charge is 0.492 e. The summed E-state index contributed by atoms with van der Waals surface area (Å²) in [5.41, 5.74) is 0.631. The maximum Gasteiger partial charge on any atom is 0.258 e. The average molecular weight is 402 g/mol. The molecule has 0 aliphatic carbocycles. The summed E-state index contributed by atoms with van der Waals surface area (Å²) in [6.07, 6.45) is 0. The van der Waals surface area contributed by atoms with Crippen molar-refractivity contribution in [3.63, 3.8) is 0 Å². The van der Waals surface area contributed by atoms with Crippen LogP contribution >= 0.6 is 15.9 Å². The minimum atomic E-state index is -0.0947. The zero-order valence-electron chi connectivity index (χ0n) is 14.0. The summed E-state index contributed by atoms with van der Waals surface area (Å²) < 4.78 is 6.80. The number of nitrogens with zero attached hydrogens (tertiary/aromatic N) is 2. The number of para-hydroxylation sites is 1. The zero-order valence-corrected chi connectivity index (χ0v) is 15.6. The second kappa shape index (κ2) is 8.27. The highest BCUT2D eigenvalue weighted by Crippen LogP contribution is 2.16. The van der Waals surface area contributed by atoms with Crippen LogP contribution in [0, 0.1) is 0 Å². The van der Waals surface area contributed by atoms with Crippen molar-refractivity contribution in [2.24, 2.45) is 0 Å². The second-order valence-corrected chi connectivity index (χ2v) is 6.62. The van der Waals surface area contributed by atoms with Crippen molar-refractivity contribution in [1.82, 2.24) is 14.9 Å². The molecule has 0 aliphatic heterocycles. The molecule has 2 aromatic carbocycles. The van der Waals surface area contributed by atoms with Crippen molar-refractivity contribution in [3.8, 4) is 5.75 Å². The van der Waals surface area contributed by atoms with E-state index in [0.717, 1.165) is 28.8 Å². The first-order valence-electron chi connectivity index (χ1n) is 8.24. The molecule has 130 valence electrons. The number of halogens is 1. The van der Waals surface area contributed by atoms with Crippen molar-refractivity contribution in [2.75, 3.05) is 19.7 Å². The third-order valence-electron chi connectivity index (χ3n) is 3.97. The lowest BCUT2D eigenvalue weighted by Crippen LogP contribution is -2.29. The normalized spacial score (nSPS) is 11.2. The molecule has 0 spiro atoms. The SMILES string of the molecule is CCN(CCOc1ccc(Br)cc1)Cc1nc2ccccc2c(=O)[nH]1. The third-order valence-corrected chi connectivity index (χ3v) is 4.50. The number of hydrogen-bond acceptors (Lipinski definition) is 4. The Balaban J connectivity index is 1.62. The lowest BCUT2D eigenvalue weighted by atomic mass is 10.2. The van der Waals surface area contributed by atoms with Gasteiger partial charge < -0.3 is 9.72 Å². The second-order valence-electron chi connectivity index (χ2n) is 5.70. The van der Waals surface area contributed by atoms with Crippen molar-refractivity contribution < 1.29 is 4.74 Å².